The van der Waals surface area contributed by atoms with Gasteiger partial charge in [0.05, 0.1) is 18.9 Å². The van der Waals surface area contributed by atoms with E-state index in [4.69, 9.17) is 9.47 Å². The molecule has 1 aromatic heterocycles. The maximum absolute atomic E-state index is 11.7. The molecular weight excluding hydrogens is 288 g/mol. The zero-order valence-electron chi connectivity index (χ0n) is 12.5. The van der Waals surface area contributed by atoms with Crippen LogP contribution in [0.25, 0.3) is 0 Å². The Hall–Kier alpha value is -2.38. The molecule has 0 unspecified atom stereocenters. The Bertz CT molecular complexity index is 643. The van der Waals surface area contributed by atoms with E-state index >= 15 is 0 Å². The number of nitrogens with zero attached hydrogens (tertiary/aromatic N) is 4. The van der Waals surface area contributed by atoms with Crippen LogP contribution >= 0.6 is 0 Å². The molecule has 2 aliphatic rings. The van der Waals surface area contributed by atoms with Crippen molar-refractivity contribution in [1.82, 2.24) is 9.55 Å². The topological polar surface area (TPSA) is 98.3 Å². The largest absolute Gasteiger partial charge is 0.479 e. The Kier molecular flexibility index (Phi) is 3.82. The smallest absolute Gasteiger partial charge is 0.309 e. The number of carbonyl (C=O) groups is 1. The summed E-state index contributed by atoms with van der Waals surface area (Å²) in [4.78, 5) is 15.9. The molecule has 0 spiro atoms. The predicted octanol–water partition coefficient (Wildman–Crippen LogP) is 2.81. The summed E-state index contributed by atoms with van der Waals surface area (Å²) in [5.74, 6) is 0.214. The van der Waals surface area contributed by atoms with Gasteiger partial charge in [0.1, 0.15) is 0 Å². The molecule has 0 amide bonds. The molecule has 1 saturated carbocycles. The summed E-state index contributed by atoms with van der Waals surface area (Å²) in [6.07, 6.45) is 3.86. The van der Waals surface area contributed by atoms with Gasteiger partial charge >= 0.3 is 5.95 Å². The first-order chi connectivity index (χ1) is 10.6. The Morgan fingerprint density at radius 2 is 2.23 bits per heavy atom. The highest BCUT2D eigenvalue weighted by Gasteiger charge is 2.30. The number of Topliss-reactive ketones (excluding diaryl/α,β-unsaturated/α-hetero) is 1. The third-order valence-electron chi connectivity index (χ3n) is 3.29. The quantitative estimate of drug-likeness (QED) is 0.843. The van der Waals surface area contributed by atoms with Crippen molar-refractivity contribution < 1.29 is 19.4 Å². The predicted molar refractivity (Wildman–Crippen MR) is 76.0 cm³/mol. The van der Waals surface area contributed by atoms with Crippen molar-refractivity contribution in [2.24, 2.45) is 10.2 Å². The number of aliphatic hydroxyl groups excluding tert-OH is 1. The molecule has 118 valence electrons. The number of hydrogen-bond donors (Lipinski definition) is 1. The second-order valence-electron chi connectivity index (χ2n) is 5.54. The lowest BCUT2D eigenvalue weighted by atomic mass is 10.2. The summed E-state index contributed by atoms with van der Waals surface area (Å²) in [5.41, 5.74) is -0.164. The van der Waals surface area contributed by atoms with Crippen LogP contribution in [0, 0.1) is 0 Å². The van der Waals surface area contributed by atoms with Gasteiger partial charge < -0.3 is 14.6 Å². The number of ether oxygens (including phenoxy) is 2. The molecule has 22 heavy (non-hydrogen) atoms. The van der Waals surface area contributed by atoms with E-state index in [2.05, 4.69) is 15.2 Å². The van der Waals surface area contributed by atoms with Crippen molar-refractivity contribution >= 4 is 11.7 Å². The van der Waals surface area contributed by atoms with E-state index in [0.29, 0.717) is 17.9 Å². The molecule has 2 heterocycles. The van der Waals surface area contributed by atoms with Crippen molar-refractivity contribution in [2.75, 3.05) is 6.61 Å². The van der Waals surface area contributed by atoms with Gasteiger partial charge in [-0.05, 0) is 26.7 Å². The first kappa shape index (κ1) is 14.6. The number of hydrogen-bond acceptors (Lipinski definition) is 7. The van der Waals surface area contributed by atoms with Gasteiger partial charge in [0.15, 0.2) is 5.78 Å². The molecule has 1 aliphatic carbocycles. The molecule has 1 aromatic rings. The third-order valence-corrected chi connectivity index (χ3v) is 3.29. The Morgan fingerprint density at radius 3 is 2.86 bits per heavy atom. The molecule has 0 atom stereocenters. The Labute approximate surface area is 127 Å². The zero-order chi connectivity index (χ0) is 15.7. The van der Waals surface area contributed by atoms with Crippen LogP contribution in [0.2, 0.25) is 0 Å². The average Bonchev–Trinajstić information content (AvgIpc) is 3.21. The molecular formula is C14H18N4O4. The van der Waals surface area contributed by atoms with Gasteiger partial charge in [-0.1, -0.05) is 0 Å². The molecule has 0 bridgehead atoms. The fourth-order valence-electron chi connectivity index (χ4n) is 2.15. The minimum absolute atomic E-state index is 0.0269. The van der Waals surface area contributed by atoms with Crippen LogP contribution in [0.3, 0.4) is 0 Å². The van der Waals surface area contributed by atoms with E-state index in [1.165, 1.54) is 0 Å². The number of allylic oxidation sites excluding steroid dienone is 1. The standard InChI is InChI=1S/C14H18N4O4/c1-8(2)22-11-7-15-14(18(11)9-3-4-9)17-16-12-10(19)5-6-21-13(12)20/h7-9,20H,3-6H2,1-2H3. The van der Waals surface area contributed by atoms with Gasteiger partial charge in [0.2, 0.25) is 11.6 Å². The summed E-state index contributed by atoms with van der Waals surface area (Å²) >= 11 is 0. The van der Waals surface area contributed by atoms with Crippen molar-refractivity contribution in [3.05, 3.63) is 17.8 Å². The van der Waals surface area contributed by atoms with Gasteiger partial charge in [0.25, 0.3) is 5.95 Å². The van der Waals surface area contributed by atoms with Crippen molar-refractivity contribution in [3.8, 4) is 5.88 Å². The summed E-state index contributed by atoms with van der Waals surface area (Å²) in [5, 5.41) is 17.4. The van der Waals surface area contributed by atoms with Crippen LogP contribution in [0.15, 0.2) is 28.1 Å². The lowest BCUT2D eigenvalue weighted by molar-refractivity contribution is -0.119. The SMILES string of the molecule is CC(C)Oc1cnc(N=NC2=C(O)OCCC2=O)n1C1CC1. The van der Waals surface area contributed by atoms with Crippen LogP contribution < -0.4 is 4.74 Å². The van der Waals surface area contributed by atoms with Crippen LogP contribution in [-0.2, 0) is 9.53 Å². The van der Waals surface area contributed by atoms with E-state index in [1.807, 2.05) is 18.4 Å². The van der Waals surface area contributed by atoms with Crippen molar-refractivity contribution in [3.63, 3.8) is 0 Å². The van der Waals surface area contributed by atoms with E-state index in [-0.39, 0.29) is 30.6 Å². The molecule has 1 fully saturated rings. The van der Waals surface area contributed by atoms with Crippen LogP contribution in [-0.4, -0.2) is 33.2 Å². The summed E-state index contributed by atoms with van der Waals surface area (Å²) in [6.45, 7) is 4.03. The fraction of sp³-hybridized carbons (Fsp3) is 0.571. The highest BCUT2D eigenvalue weighted by molar-refractivity contribution is 5.95. The van der Waals surface area contributed by atoms with Crippen LogP contribution in [0.1, 0.15) is 39.2 Å². The Balaban J connectivity index is 1.87. The van der Waals surface area contributed by atoms with E-state index in [0.717, 1.165) is 12.8 Å². The summed E-state index contributed by atoms with van der Waals surface area (Å²) in [7, 11) is 0. The second-order valence-corrected chi connectivity index (χ2v) is 5.54. The van der Waals surface area contributed by atoms with Gasteiger partial charge in [-0.15, -0.1) is 10.2 Å². The van der Waals surface area contributed by atoms with Gasteiger partial charge in [0, 0.05) is 12.5 Å². The maximum Gasteiger partial charge on any atom is 0.309 e. The van der Waals surface area contributed by atoms with Crippen LogP contribution in [0.5, 0.6) is 5.88 Å². The third kappa shape index (κ3) is 2.95. The minimum atomic E-state index is -0.483. The molecule has 0 radical (unpaired) electrons. The number of imidazole rings is 1. The van der Waals surface area contributed by atoms with Crippen molar-refractivity contribution in [1.29, 1.82) is 0 Å². The highest BCUT2D eigenvalue weighted by Crippen LogP contribution is 2.42. The molecule has 1 aliphatic heterocycles. The number of aromatic nitrogens is 2. The first-order valence-electron chi connectivity index (χ1n) is 7.31. The number of azo groups is 1. The Morgan fingerprint density at radius 1 is 1.45 bits per heavy atom. The zero-order valence-corrected chi connectivity index (χ0v) is 12.5. The normalized spacial score (nSPS) is 19.1. The van der Waals surface area contributed by atoms with E-state index in [9.17, 15) is 9.90 Å². The summed E-state index contributed by atoms with van der Waals surface area (Å²) < 4.78 is 12.5. The van der Waals surface area contributed by atoms with Gasteiger partial charge in [-0.25, -0.2) is 4.98 Å². The average molecular weight is 306 g/mol. The molecule has 1 N–H and O–H groups in total. The number of ketones is 1. The summed E-state index contributed by atoms with van der Waals surface area (Å²) in [6, 6.07) is 0.297. The lowest BCUT2D eigenvalue weighted by Crippen LogP contribution is -2.15. The number of rotatable bonds is 5. The van der Waals surface area contributed by atoms with Gasteiger partial charge in [-0.2, -0.15) is 0 Å². The lowest BCUT2D eigenvalue weighted by Gasteiger charge is -2.13. The molecule has 0 aromatic carbocycles. The van der Waals surface area contributed by atoms with E-state index in [1.54, 1.807) is 6.20 Å². The minimum Gasteiger partial charge on any atom is -0.479 e. The number of carbonyl (C=O) groups excluding carboxylic acids is 1. The molecule has 8 heteroatoms. The monoisotopic (exact) mass is 306 g/mol. The highest BCUT2D eigenvalue weighted by atomic mass is 16.6. The number of aliphatic hydroxyl groups is 1. The van der Waals surface area contributed by atoms with Crippen LogP contribution in [0.4, 0.5) is 5.95 Å². The maximum atomic E-state index is 11.7. The second kappa shape index (κ2) is 5.78. The fourth-order valence-corrected chi connectivity index (χ4v) is 2.15. The molecule has 0 saturated heterocycles. The van der Waals surface area contributed by atoms with Crippen molar-refractivity contribution in [2.45, 2.75) is 45.3 Å². The van der Waals surface area contributed by atoms with Gasteiger partial charge in [-0.3, -0.25) is 9.36 Å². The first-order valence-corrected chi connectivity index (χ1v) is 7.31. The van der Waals surface area contributed by atoms with E-state index < -0.39 is 5.95 Å². The molecule has 3 rings (SSSR count). The molecule has 8 nitrogen and oxygen atoms in total.